The Morgan fingerprint density at radius 2 is 0.587 bits per heavy atom. The first-order valence-electron chi connectivity index (χ1n) is 26.8. The highest BCUT2D eigenvalue weighted by atomic mass is 16.6. The van der Waals surface area contributed by atoms with Crippen molar-refractivity contribution in [2.24, 2.45) is 0 Å². The van der Waals surface area contributed by atoms with Crippen LogP contribution in [0.4, 0.5) is 0 Å². The number of carbonyl (C=O) groups is 3. The molecule has 0 heterocycles. The van der Waals surface area contributed by atoms with Gasteiger partial charge in [-0.05, 0) is 83.5 Å². The molecule has 0 aromatic rings. The number of esters is 3. The smallest absolute Gasteiger partial charge is 0.306 e. The first kappa shape index (κ1) is 60.1. The maximum atomic E-state index is 12.8. The van der Waals surface area contributed by atoms with Gasteiger partial charge in [-0.3, -0.25) is 14.4 Å². The summed E-state index contributed by atoms with van der Waals surface area (Å²) in [5.41, 5.74) is 0. The minimum absolute atomic E-state index is 0.0824. The van der Waals surface area contributed by atoms with E-state index in [1.165, 1.54) is 122 Å². The Bertz CT molecular complexity index is 1150. The number of rotatable bonds is 48. The zero-order valence-corrected chi connectivity index (χ0v) is 41.6. The van der Waals surface area contributed by atoms with Crippen LogP contribution in [0.1, 0.15) is 265 Å². The van der Waals surface area contributed by atoms with Crippen molar-refractivity contribution in [3.05, 3.63) is 60.8 Å². The van der Waals surface area contributed by atoms with Crippen molar-refractivity contribution in [3.8, 4) is 0 Å². The Morgan fingerprint density at radius 3 is 0.968 bits per heavy atom. The van der Waals surface area contributed by atoms with Gasteiger partial charge in [-0.2, -0.15) is 0 Å². The second-order valence-corrected chi connectivity index (χ2v) is 17.8. The quantitative estimate of drug-likeness (QED) is 0.0262. The van der Waals surface area contributed by atoms with Gasteiger partial charge in [0.2, 0.25) is 0 Å². The molecule has 0 bridgehead atoms. The van der Waals surface area contributed by atoms with Crippen LogP contribution < -0.4 is 0 Å². The summed E-state index contributed by atoms with van der Waals surface area (Å²) in [6, 6.07) is 0. The summed E-state index contributed by atoms with van der Waals surface area (Å²) < 4.78 is 16.8. The maximum Gasteiger partial charge on any atom is 0.306 e. The molecule has 0 rings (SSSR count). The number of ether oxygens (including phenoxy) is 3. The molecule has 0 aromatic carbocycles. The highest BCUT2D eigenvalue weighted by Gasteiger charge is 2.19. The summed E-state index contributed by atoms with van der Waals surface area (Å²) >= 11 is 0. The van der Waals surface area contributed by atoms with Gasteiger partial charge in [0, 0.05) is 19.3 Å². The lowest BCUT2D eigenvalue weighted by Crippen LogP contribution is -2.30. The first-order valence-corrected chi connectivity index (χ1v) is 26.8. The van der Waals surface area contributed by atoms with Crippen molar-refractivity contribution in [1.29, 1.82) is 0 Å². The Hall–Kier alpha value is -2.89. The van der Waals surface area contributed by atoms with Crippen LogP contribution in [0.3, 0.4) is 0 Å². The van der Waals surface area contributed by atoms with E-state index < -0.39 is 6.10 Å². The standard InChI is InChI=1S/C57H100O6/c1-4-7-10-13-16-19-22-25-27-28-29-30-31-33-35-38-41-44-47-50-56(59)62-53-54(52-61-55(58)49-46-43-40-37-34-24-21-18-15-12-9-6-3)63-57(60)51-48-45-42-39-36-32-26-23-20-17-14-11-8-5-2/h14,16-17,19,23,25-27,29-30,54H,4-13,15,18,20-22,24,28,31-53H2,1-3H3/b17-14-,19-16-,26-23-,27-25-,30-29-. The average molecular weight is 881 g/mol. The third-order valence-electron chi connectivity index (χ3n) is 11.5. The number of hydrogen-bond donors (Lipinski definition) is 0. The maximum absolute atomic E-state index is 12.8. The molecule has 6 heteroatoms. The van der Waals surface area contributed by atoms with Crippen LogP contribution in [0.5, 0.6) is 0 Å². The highest BCUT2D eigenvalue weighted by Crippen LogP contribution is 2.15. The molecule has 0 amide bonds. The Kier molecular flexibility index (Phi) is 49.4. The van der Waals surface area contributed by atoms with Crippen molar-refractivity contribution < 1.29 is 28.6 Å². The fraction of sp³-hybridized carbons (Fsp3) is 0.772. The van der Waals surface area contributed by atoms with Gasteiger partial charge in [0.1, 0.15) is 13.2 Å². The minimum Gasteiger partial charge on any atom is -0.462 e. The van der Waals surface area contributed by atoms with Crippen molar-refractivity contribution in [2.75, 3.05) is 13.2 Å². The summed E-state index contributed by atoms with van der Waals surface area (Å²) in [5, 5.41) is 0. The van der Waals surface area contributed by atoms with Gasteiger partial charge in [0.25, 0.3) is 0 Å². The van der Waals surface area contributed by atoms with E-state index in [1.807, 2.05) is 0 Å². The molecule has 0 saturated heterocycles. The van der Waals surface area contributed by atoms with E-state index in [4.69, 9.17) is 14.2 Å². The SMILES string of the molecule is CCCC/C=C\C/C=C\CCCCCCCC(=O)OC(COC(=O)CCCCCCCC/C=C\C/C=C\C/C=C\CCCCC)COC(=O)CCCCCCCCCCCCCC. The van der Waals surface area contributed by atoms with Crippen molar-refractivity contribution in [3.63, 3.8) is 0 Å². The number of hydrogen-bond acceptors (Lipinski definition) is 6. The molecule has 0 spiro atoms. The van der Waals surface area contributed by atoms with Crippen LogP contribution in [0, 0.1) is 0 Å². The zero-order valence-electron chi connectivity index (χ0n) is 41.6. The summed E-state index contributed by atoms with van der Waals surface area (Å²) in [4.78, 5) is 38.0. The van der Waals surface area contributed by atoms with E-state index in [2.05, 4.69) is 81.5 Å². The summed E-state index contributed by atoms with van der Waals surface area (Å²) in [7, 11) is 0. The van der Waals surface area contributed by atoms with Crippen molar-refractivity contribution in [2.45, 2.75) is 271 Å². The summed E-state index contributed by atoms with van der Waals surface area (Å²) in [5.74, 6) is -0.904. The van der Waals surface area contributed by atoms with Crippen molar-refractivity contribution in [1.82, 2.24) is 0 Å². The molecule has 0 aliphatic heterocycles. The zero-order chi connectivity index (χ0) is 45.8. The summed E-state index contributed by atoms with van der Waals surface area (Å²) in [6.45, 7) is 6.55. The Balaban J connectivity index is 4.39. The first-order chi connectivity index (χ1) is 31.0. The normalized spacial score (nSPS) is 12.5. The van der Waals surface area contributed by atoms with Gasteiger partial charge < -0.3 is 14.2 Å². The van der Waals surface area contributed by atoms with Gasteiger partial charge >= 0.3 is 17.9 Å². The number of unbranched alkanes of at least 4 members (excludes halogenated alkanes) is 27. The second-order valence-electron chi connectivity index (χ2n) is 17.8. The predicted octanol–water partition coefficient (Wildman–Crippen LogP) is 17.6. The van der Waals surface area contributed by atoms with E-state index in [1.54, 1.807) is 0 Å². The monoisotopic (exact) mass is 881 g/mol. The van der Waals surface area contributed by atoms with Gasteiger partial charge in [0.15, 0.2) is 6.10 Å². The Morgan fingerprint density at radius 1 is 0.317 bits per heavy atom. The van der Waals surface area contributed by atoms with E-state index >= 15 is 0 Å². The van der Waals surface area contributed by atoms with Crippen LogP contribution >= 0.6 is 0 Å². The number of carbonyl (C=O) groups excluding carboxylic acids is 3. The van der Waals surface area contributed by atoms with E-state index in [0.717, 1.165) is 103 Å². The molecule has 1 atom stereocenters. The molecular weight excluding hydrogens is 781 g/mol. The summed E-state index contributed by atoms with van der Waals surface area (Å²) in [6.07, 6.45) is 63.4. The molecule has 63 heavy (non-hydrogen) atoms. The molecule has 1 unspecified atom stereocenters. The van der Waals surface area contributed by atoms with Gasteiger partial charge in [-0.15, -0.1) is 0 Å². The van der Waals surface area contributed by atoms with Crippen LogP contribution in [-0.4, -0.2) is 37.2 Å². The average Bonchev–Trinajstić information content (AvgIpc) is 3.28. The molecule has 0 aliphatic carbocycles. The molecular formula is C57H100O6. The molecule has 0 aliphatic rings. The molecule has 0 radical (unpaired) electrons. The minimum atomic E-state index is -0.784. The third-order valence-corrected chi connectivity index (χ3v) is 11.5. The van der Waals surface area contributed by atoms with Crippen LogP contribution in [0.2, 0.25) is 0 Å². The number of allylic oxidation sites excluding steroid dienone is 10. The molecule has 0 N–H and O–H groups in total. The van der Waals surface area contributed by atoms with E-state index in [0.29, 0.717) is 19.3 Å². The fourth-order valence-electron chi connectivity index (χ4n) is 7.41. The predicted molar refractivity (Wildman–Crippen MR) is 270 cm³/mol. The molecule has 0 fully saturated rings. The van der Waals surface area contributed by atoms with Gasteiger partial charge in [-0.25, -0.2) is 0 Å². The lowest BCUT2D eigenvalue weighted by molar-refractivity contribution is -0.167. The molecule has 0 aromatic heterocycles. The van der Waals surface area contributed by atoms with Crippen molar-refractivity contribution >= 4 is 17.9 Å². The Labute approximate surface area is 390 Å². The largest absolute Gasteiger partial charge is 0.462 e. The van der Waals surface area contributed by atoms with E-state index in [-0.39, 0.29) is 31.1 Å². The van der Waals surface area contributed by atoms with E-state index in [9.17, 15) is 14.4 Å². The van der Waals surface area contributed by atoms with Gasteiger partial charge in [0.05, 0.1) is 0 Å². The van der Waals surface area contributed by atoms with Crippen LogP contribution in [0.25, 0.3) is 0 Å². The topological polar surface area (TPSA) is 78.9 Å². The molecule has 364 valence electrons. The lowest BCUT2D eigenvalue weighted by Gasteiger charge is -2.18. The third kappa shape index (κ3) is 50.0. The highest BCUT2D eigenvalue weighted by molar-refractivity contribution is 5.71. The van der Waals surface area contributed by atoms with Crippen LogP contribution in [-0.2, 0) is 28.6 Å². The van der Waals surface area contributed by atoms with Gasteiger partial charge in [-0.1, -0.05) is 223 Å². The molecule has 0 saturated carbocycles. The molecule has 6 nitrogen and oxygen atoms in total. The lowest BCUT2D eigenvalue weighted by atomic mass is 10.0. The fourth-order valence-corrected chi connectivity index (χ4v) is 7.41. The van der Waals surface area contributed by atoms with Crippen LogP contribution in [0.15, 0.2) is 60.8 Å². The second kappa shape index (κ2) is 51.7.